The van der Waals surface area contributed by atoms with Gasteiger partial charge in [0.1, 0.15) is 11.9 Å². The molecule has 0 aliphatic carbocycles. The van der Waals surface area contributed by atoms with E-state index >= 15 is 0 Å². The van der Waals surface area contributed by atoms with E-state index < -0.39 is 0 Å². The molecule has 1 aromatic heterocycles. The maximum absolute atomic E-state index is 12.8. The fourth-order valence-corrected chi connectivity index (χ4v) is 3.36. The Kier molecular flexibility index (Phi) is 7.16. The maximum Gasteiger partial charge on any atom is 0.239 e. The molecule has 26 heavy (non-hydrogen) atoms. The summed E-state index contributed by atoms with van der Waals surface area (Å²) >= 11 is 0. The van der Waals surface area contributed by atoms with Gasteiger partial charge in [0.2, 0.25) is 5.91 Å². The monoisotopic (exact) mass is 355 g/mol. The lowest BCUT2D eigenvalue weighted by Gasteiger charge is -2.31. The summed E-state index contributed by atoms with van der Waals surface area (Å²) in [4.78, 5) is 23.5. The van der Waals surface area contributed by atoms with Crippen molar-refractivity contribution in [1.82, 2.24) is 14.8 Å². The quantitative estimate of drug-likeness (QED) is 0.733. The molecule has 0 bridgehead atoms. The minimum Gasteiger partial charge on any atom is -0.354 e. The minimum absolute atomic E-state index is 0.152. The summed E-state index contributed by atoms with van der Waals surface area (Å²) in [5, 5.41) is 9.31. The Bertz CT molecular complexity index is 681. The van der Waals surface area contributed by atoms with E-state index in [-0.39, 0.29) is 11.9 Å². The van der Waals surface area contributed by atoms with Crippen molar-refractivity contribution in [1.29, 1.82) is 5.26 Å². The Balaban J connectivity index is 2.04. The fourth-order valence-electron chi connectivity index (χ4n) is 3.36. The lowest BCUT2D eigenvalue weighted by atomic mass is 10.2. The normalized spacial score (nSPS) is 16.5. The molecule has 1 amide bonds. The Labute approximate surface area is 156 Å². The highest BCUT2D eigenvalue weighted by molar-refractivity contribution is 5.81. The molecule has 0 spiro atoms. The summed E-state index contributed by atoms with van der Waals surface area (Å²) in [7, 11) is 0. The van der Waals surface area contributed by atoms with Gasteiger partial charge in [0.15, 0.2) is 0 Å². The molecule has 1 fully saturated rings. The van der Waals surface area contributed by atoms with E-state index in [0.717, 1.165) is 44.0 Å². The van der Waals surface area contributed by atoms with Gasteiger partial charge in [-0.05, 0) is 39.3 Å². The van der Waals surface area contributed by atoms with E-state index in [9.17, 15) is 10.1 Å². The highest BCUT2D eigenvalue weighted by atomic mass is 16.2. The van der Waals surface area contributed by atoms with Crippen molar-refractivity contribution in [2.45, 2.75) is 33.2 Å². The standard InChI is InChI=1S/C20H29N5O/c1-5-23(15-16(2)3)20(26)17(4)24-10-7-11-25(13-12-24)19-18(14-21)8-6-9-22-19/h6,8-9,17H,2,5,7,10-13,15H2,1,3-4H3. The number of carbonyl (C=O) groups is 1. The third-order valence-electron chi connectivity index (χ3n) is 4.80. The lowest BCUT2D eigenvalue weighted by molar-refractivity contribution is -0.135. The first-order valence-corrected chi connectivity index (χ1v) is 9.25. The van der Waals surface area contributed by atoms with Gasteiger partial charge < -0.3 is 9.80 Å². The first-order chi connectivity index (χ1) is 12.5. The third-order valence-corrected chi connectivity index (χ3v) is 4.80. The Hall–Kier alpha value is -2.39. The van der Waals surface area contributed by atoms with E-state index in [2.05, 4.69) is 27.4 Å². The SMILES string of the molecule is C=C(C)CN(CC)C(=O)C(C)N1CCCN(c2ncccc2C#N)CC1. The predicted molar refractivity (Wildman–Crippen MR) is 104 cm³/mol. The van der Waals surface area contributed by atoms with E-state index in [1.807, 2.05) is 25.7 Å². The minimum atomic E-state index is -0.159. The van der Waals surface area contributed by atoms with Gasteiger partial charge >= 0.3 is 0 Å². The zero-order valence-electron chi connectivity index (χ0n) is 16.1. The molecule has 1 unspecified atom stereocenters. The summed E-state index contributed by atoms with van der Waals surface area (Å²) in [6, 6.07) is 5.65. The second-order valence-electron chi connectivity index (χ2n) is 6.85. The first-order valence-electron chi connectivity index (χ1n) is 9.25. The van der Waals surface area contributed by atoms with Crippen LogP contribution < -0.4 is 4.90 Å². The van der Waals surface area contributed by atoms with Crippen LogP contribution in [0.15, 0.2) is 30.5 Å². The number of likely N-dealkylation sites (N-methyl/N-ethyl adjacent to an activating group) is 1. The molecule has 6 nitrogen and oxygen atoms in total. The van der Waals surface area contributed by atoms with Gasteiger partial charge in [-0.2, -0.15) is 5.26 Å². The zero-order valence-corrected chi connectivity index (χ0v) is 16.1. The van der Waals surface area contributed by atoms with Gasteiger partial charge in [0, 0.05) is 45.5 Å². The number of anilines is 1. The summed E-state index contributed by atoms with van der Waals surface area (Å²) in [6.07, 6.45) is 2.66. The molecule has 2 rings (SSSR count). The van der Waals surface area contributed by atoms with Gasteiger partial charge in [-0.25, -0.2) is 4.98 Å². The number of aromatic nitrogens is 1. The summed E-state index contributed by atoms with van der Waals surface area (Å²) < 4.78 is 0. The van der Waals surface area contributed by atoms with Gasteiger partial charge in [-0.1, -0.05) is 12.2 Å². The molecular weight excluding hydrogens is 326 g/mol. The first kappa shape index (κ1) is 19.9. The number of amides is 1. The van der Waals surface area contributed by atoms with E-state index in [4.69, 9.17) is 0 Å². The van der Waals surface area contributed by atoms with Crippen LogP contribution in [0.4, 0.5) is 5.82 Å². The molecule has 0 saturated carbocycles. The van der Waals surface area contributed by atoms with Crippen LogP contribution >= 0.6 is 0 Å². The Morgan fingerprint density at radius 1 is 1.42 bits per heavy atom. The average molecular weight is 355 g/mol. The number of nitrogens with zero attached hydrogens (tertiary/aromatic N) is 5. The number of hydrogen-bond donors (Lipinski definition) is 0. The van der Waals surface area contributed by atoms with Crippen molar-refractivity contribution < 1.29 is 4.79 Å². The molecule has 2 heterocycles. The summed E-state index contributed by atoms with van der Waals surface area (Å²) in [6.45, 7) is 14.4. The zero-order chi connectivity index (χ0) is 19.1. The Morgan fingerprint density at radius 3 is 2.85 bits per heavy atom. The number of nitriles is 1. The van der Waals surface area contributed by atoms with Crippen molar-refractivity contribution in [3.8, 4) is 6.07 Å². The van der Waals surface area contributed by atoms with Gasteiger partial charge in [-0.15, -0.1) is 0 Å². The van der Waals surface area contributed by atoms with E-state index in [1.165, 1.54) is 0 Å². The molecule has 0 aromatic carbocycles. The molecule has 0 N–H and O–H groups in total. The molecule has 1 aromatic rings. The largest absolute Gasteiger partial charge is 0.354 e. The van der Waals surface area contributed by atoms with Crippen molar-refractivity contribution in [2.75, 3.05) is 44.2 Å². The van der Waals surface area contributed by atoms with Crippen LogP contribution in [-0.4, -0.2) is 66.0 Å². The van der Waals surface area contributed by atoms with E-state index in [0.29, 0.717) is 18.7 Å². The summed E-state index contributed by atoms with van der Waals surface area (Å²) in [5.41, 5.74) is 1.59. The van der Waals surface area contributed by atoms with Crippen LogP contribution in [0.25, 0.3) is 0 Å². The van der Waals surface area contributed by atoms with E-state index in [1.54, 1.807) is 18.3 Å². The molecule has 6 heteroatoms. The molecule has 1 aliphatic heterocycles. The highest BCUT2D eigenvalue weighted by Gasteiger charge is 2.27. The van der Waals surface area contributed by atoms with Gasteiger partial charge in [0.25, 0.3) is 0 Å². The maximum atomic E-state index is 12.8. The van der Waals surface area contributed by atoms with Crippen LogP contribution in [-0.2, 0) is 4.79 Å². The molecule has 0 radical (unpaired) electrons. The topological polar surface area (TPSA) is 63.5 Å². The number of pyridine rings is 1. The third kappa shape index (κ3) is 4.83. The fraction of sp³-hybridized carbons (Fsp3) is 0.550. The van der Waals surface area contributed by atoms with Crippen LogP contribution in [0.5, 0.6) is 0 Å². The number of hydrogen-bond acceptors (Lipinski definition) is 5. The molecule has 1 aliphatic rings. The number of carbonyl (C=O) groups excluding carboxylic acids is 1. The van der Waals surface area contributed by atoms with Crippen LogP contribution in [0.3, 0.4) is 0 Å². The van der Waals surface area contributed by atoms with Crippen molar-refractivity contribution in [3.63, 3.8) is 0 Å². The smallest absolute Gasteiger partial charge is 0.239 e. The molecule has 140 valence electrons. The van der Waals surface area contributed by atoms with Crippen LogP contribution in [0.1, 0.15) is 32.8 Å². The van der Waals surface area contributed by atoms with Gasteiger partial charge in [0.05, 0.1) is 11.6 Å². The second-order valence-corrected chi connectivity index (χ2v) is 6.85. The molecule has 1 saturated heterocycles. The van der Waals surface area contributed by atoms with Crippen molar-refractivity contribution in [2.24, 2.45) is 0 Å². The number of rotatable bonds is 6. The highest BCUT2D eigenvalue weighted by Crippen LogP contribution is 2.19. The molecule has 1 atom stereocenters. The van der Waals surface area contributed by atoms with Crippen molar-refractivity contribution >= 4 is 11.7 Å². The average Bonchev–Trinajstić information content (AvgIpc) is 2.90. The van der Waals surface area contributed by atoms with Crippen LogP contribution in [0.2, 0.25) is 0 Å². The van der Waals surface area contributed by atoms with Crippen LogP contribution in [0, 0.1) is 11.3 Å². The molecular formula is C20H29N5O. The summed E-state index contributed by atoms with van der Waals surface area (Å²) in [5.74, 6) is 0.896. The van der Waals surface area contributed by atoms with Crippen molar-refractivity contribution in [3.05, 3.63) is 36.0 Å². The Morgan fingerprint density at radius 2 is 2.19 bits per heavy atom. The van der Waals surface area contributed by atoms with Gasteiger partial charge in [-0.3, -0.25) is 9.69 Å². The predicted octanol–water partition coefficient (Wildman–Crippen LogP) is 2.28. The lowest BCUT2D eigenvalue weighted by Crippen LogP contribution is -2.48. The second kappa shape index (κ2) is 9.35.